The van der Waals surface area contributed by atoms with E-state index in [1.807, 2.05) is 0 Å². The van der Waals surface area contributed by atoms with E-state index in [1.165, 1.54) is 37.4 Å². The Morgan fingerprint density at radius 2 is 1.89 bits per heavy atom. The monoisotopic (exact) mass is 501 g/mol. The van der Waals surface area contributed by atoms with E-state index in [0.717, 1.165) is 5.56 Å². The van der Waals surface area contributed by atoms with E-state index < -0.39 is 12.5 Å². The van der Waals surface area contributed by atoms with Gasteiger partial charge in [0.05, 0.1) is 18.7 Å². The number of alkyl halides is 1. The van der Waals surface area contributed by atoms with Crippen LogP contribution < -0.4 is 14.2 Å². The predicted octanol–water partition coefficient (Wildman–Crippen LogP) is 5.68. The zero-order valence-electron chi connectivity index (χ0n) is 18.9. The average Bonchev–Trinajstić information content (AvgIpc) is 3.35. The first-order valence-electron chi connectivity index (χ1n) is 11.0. The number of carbonyl (C=O) groups is 2. The largest absolute Gasteiger partial charge is 0.493 e. The molecule has 0 saturated carbocycles. The minimum Gasteiger partial charge on any atom is -0.493 e. The summed E-state index contributed by atoms with van der Waals surface area (Å²) in [5.41, 5.74) is 2.30. The number of rotatable bonds is 10. The lowest BCUT2D eigenvalue weighted by atomic mass is 10.0. The van der Waals surface area contributed by atoms with Gasteiger partial charge < -0.3 is 14.2 Å². The molecule has 6 nitrogen and oxygen atoms in total. The molecular weight excluding hydrogens is 480 g/mol. The summed E-state index contributed by atoms with van der Waals surface area (Å²) in [4.78, 5) is 30.1. The summed E-state index contributed by atoms with van der Waals surface area (Å²) in [6.07, 6.45) is 0.507. The zero-order chi connectivity index (χ0) is 24.9. The van der Waals surface area contributed by atoms with Gasteiger partial charge in [0.2, 0.25) is 0 Å². The third-order valence-electron chi connectivity index (χ3n) is 5.55. The highest BCUT2D eigenvalue weighted by Crippen LogP contribution is 2.37. The molecule has 3 aromatic rings. The number of fused-ring (bicyclic) bond motifs is 1. The van der Waals surface area contributed by atoms with E-state index in [-0.39, 0.29) is 41.7 Å². The van der Waals surface area contributed by atoms with E-state index in [2.05, 4.69) is 4.98 Å². The number of pyridine rings is 1. The summed E-state index contributed by atoms with van der Waals surface area (Å²) in [6, 6.07) is 10.4. The number of hydrogen-bond donors (Lipinski definition) is 0. The summed E-state index contributed by atoms with van der Waals surface area (Å²) < 4.78 is 42.2. The molecular formula is C26H22ClF2NO5. The summed E-state index contributed by atoms with van der Waals surface area (Å²) in [7, 11) is 1.42. The molecule has 1 aliphatic rings. The highest BCUT2D eigenvalue weighted by molar-refractivity contribution is 6.31. The van der Waals surface area contributed by atoms with E-state index in [1.54, 1.807) is 12.1 Å². The second-order valence-electron chi connectivity index (χ2n) is 7.82. The maximum absolute atomic E-state index is 13.6. The van der Waals surface area contributed by atoms with Gasteiger partial charge in [-0.05, 0) is 42.5 Å². The molecule has 0 spiro atoms. The Hall–Kier alpha value is -3.52. The van der Waals surface area contributed by atoms with Crippen LogP contribution in [0.2, 0.25) is 5.02 Å². The number of hydrogen-bond acceptors (Lipinski definition) is 6. The van der Waals surface area contributed by atoms with Crippen molar-refractivity contribution < 1.29 is 32.6 Å². The Kier molecular flexibility index (Phi) is 7.60. The van der Waals surface area contributed by atoms with Crippen molar-refractivity contribution in [1.82, 2.24) is 4.98 Å². The molecule has 1 aromatic heterocycles. The number of Topliss-reactive ketones (excluding diaryl/α,β-unsaturated/α-hetero) is 2. The lowest BCUT2D eigenvalue weighted by Gasteiger charge is -2.11. The van der Waals surface area contributed by atoms with Gasteiger partial charge in [-0.1, -0.05) is 11.6 Å². The van der Waals surface area contributed by atoms with Gasteiger partial charge in [-0.25, -0.2) is 13.8 Å². The van der Waals surface area contributed by atoms with Crippen molar-refractivity contribution in [3.05, 3.63) is 70.1 Å². The molecule has 0 amide bonds. The molecule has 0 unspecified atom stereocenters. The quantitative estimate of drug-likeness (QED) is 0.333. The van der Waals surface area contributed by atoms with Crippen LogP contribution >= 0.6 is 11.6 Å². The highest BCUT2D eigenvalue weighted by atomic mass is 35.5. The van der Waals surface area contributed by atoms with Crippen LogP contribution in [0, 0.1) is 5.82 Å². The normalized spacial score (nSPS) is 12.1. The number of methoxy groups -OCH3 is 1. The van der Waals surface area contributed by atoms with Gasteiger partial charge in [-0.15, -0.1) is 0 Å². The minimum absolute atomic E-state index is 0.0420. The second kappa shape index (κ2) is 10.8. The summed E-state index contributed by atoms with van der Waals surface area (Å²) in [5, 5.41) is -0.0603. The SMILES string of the molecule is COc1cc(C(=O)CCC(=O)c2cc3c(c(-c4ccc(F)c(Cl)c4)n2)OCC3)ccc1OCCF. The van der Waals surface area contributed by atoms with Crippen LogP contribution in [0.5, 0.6) is 17.2 Å². The van der Waals surface area contributed by atoms with Crippen LogP contribution in [-0.4, -0.2) is 43.5 Å². The van der Waals surface area contributed by atoms with Crippen molar-refractivity contribution in [2.75, 3.05) is 27.0 Å². The molecule has 0 bridgehead atoms. The van der Waals surface area contributed by atoms with Gasteiger partial charge in [0.25, 0.3) is 0 Å². The third kappa shape index (κ3) is 5.43. The Morgan fingerprint density at radius 3 is 2.63 bits per heavy atom. The topological polar surface area (TPSA) is 74.7 Å². The van der Waals surface area contributed by atoms with Crippen LogP contribution in [0.25, 0.3) is 11.3 Å². The van der Waals surface area contributed by atoms with Crippen molar-refractivity contribution in [2.45, 2.75) is 19.3 Å². The molecule has 182 valence electrons. The van der Waals surface area contributed by atoms with Crippen molar-refractivity contribution in [3.8, 4) is 28.5 Å². The highest BCUT2D eigenvalue weighted by Gasteiger charge is 2.24. The fourth-order valence-electron chi connectivity index (χ4n) is 3.79. The number of halogens is 3. The van der Waals surface area contributed by atoms with Gasteiger partial charge in [-0.2, -0.15) is 0 Å². The number of ether oxygens (including phenoxy) is 3. The average molecular weight is 502 g/mol. The number of benzene rings is 2. The number of ketones is 2. The fourth-order valence-corrected chi connectivity index (χ4v) is 3.97. The van der Waals surface area contributed by atoms with Crippen LogP contribution in [-0.2, 0) is 6.42 Å². The number of aromatic nitrogens is 1. The molecule has 9 heteroatoms. The molecule has 0 saturated heterocycles. The van der Waals surface area contributed by atoms with Crippen molar-refractivity contribution in [1.29, 1.82) is 0 Å². The first kappa shape index (κ1) is 24.6. The smallest absolute Gasteiger partial charge is 0.181 e. The van der Waals surface area contributed by atoms with Gasteiger partial charge in [0.15, 0.2) is 23.1 Å². The second-order valence-corrected chi connectivity index (χ2v) is 8.23. The minimum atomic E-state index is -0.648. The summed E-state index contributed by atoms with van der Waals surface area (Å²) >= 11 is 5.93. The van der Waals surface area contributed by atoms with Crippen LogP contribution in [0.3, 0.4) is 0 Å². The fraction of sp³-hybridized carbons (Fsp3) is 0.269. The summed E-state index contributed by atoms with van der Waals surface area (Å²) in [5.74, 6) is 0.0511. The van der Waals surface area contributed by atoms with Crippen LogP contribution in [0.15, 0.2) is 42.5 Å². The Morgan fingerprint density at radius 1 is 1.09 bits per heavy atom. The molecule has 1 aliphatic heterocycles. The number of nitrogens with zero attached hydrogens (tertiary/aromatic N) is 1. The Labute approximate surface area is 205 Å². The molecule has 0 atom stereocenters. The predicted molar refractivity (Wildman–Crippen MR) is 126 cm³/mol. The molecule has 2 heterocycles. The first-order chi connectivity index (χ1) is 16.9. The van der Waals surface area contributed by atoms with Gasteiger partial charge >= 0.3 is 0 Å². The molecule has 0 aliphatic carbocycles. The molecule has 35 heavy (non-hydrogen) atoms. The molecule has 0 fully saturated rings. The molecule has 4 rings (SSSR count). The first-order valence-corrected chi connectivity index (χ1v) is 11.3. The third-order valence-corrected chi connectivity index (χ3v) is 5.84. The van der Waals surface area contributed by atoms with Gasteiger partial charge in [-0.3, -0.25) is 9.59 Å². The number of carbonyl (C=O) groups excluding carboxylic acids is 2. The van der Waals surface area contributed by atoms with E-state index >= 15 is 0 Å². The lowest BCUT2D eigenvalue weighted by Crippen LogP contribution is -2.09. The van der Waals surface area contributed by atoms with Crippen LogP contribution in [0.4, 0.5) is 8.78 Å². The maximum Gasteiger partial charge on any atom is 0.181 e. The van der Waals surface area contributed by atoms with Gasteiger partial charge in [0.1, 0.15) is 36.2 Å². The lowest BCUT2D eigenvalue weighted by molar-refractivity contribution is 0.0915. The van der Waals surface area contributed by atoms with Crippen molar-refractivity contribution >= 4 is 23.2 Å². The van der Waals surface area contributed by atoms with E-state index in [4.69, 9.17) is 25.8 Å². The van der Waals surface area contributed by atoms with Crippen LogP contribution in [0.1, 0.15) is 39.3 Å². The van der Waals surface area contributed by atoms with E-state index in [0.29, 0.717) is 47.1 Å². The maximum atomic E-state index is 13.6. The summed E-state index contributed by atoms with van der Waals surface area (Å²) in [6.45, 7) is -0.324. The van der Waals surface area contributed by atoms with Crippen molar-refractivity contribution in [3.63, 3.8) is 0 Å². The Bertz CT molecular complexity index is 1280. The zero-order valence-corrected chi connectivity index (χ0v) is 19.7. The van der Waals surface area contributed by atoms with E-state index in [9.17, 15) is 18.4 Å². The van der Waals surface area contributed by atoms with Gasteiger partial charge in [0, 0.05) is 36.0 Å². The standard InChI is InChI=1S/C26H22ClF2NO5/c1-33-24-14-15(3-7-23(24)34-11-9-28)21(31)5-6-22(32)20-13-17-8-10-35-26(17)25(30-20)16-2-4-19(29)18(27)12-16/h2-4,7,12-14H,5-6,8-11H2,1H3. The Balaban J connectivity index is 1.51. The molecule has 0 N–H and O–H groups in total. The van der Waals surface area contributed by atoms with Crippen molar-refractivity contribution in [2.24, 2.45) is 0 Å². The molecule has 0 radical (unpaired) electrons. The molecule has 2 aromatic carbocycles.